The molecular formula is C36H24N6Zn. The molecular weight excluding hydrogens is 582 g/mol. The van der Waals surface area contributed by atoms with Crippen molar-refractivity contribution in [2.24, 2.45) is 9.98 Å². The van der Waals surface area contributed by atoms with E-state index in [0.717, 1.165) is 43.6 Å². The van der Waals surface area contributed by atoms with Crippen LogP contribution in [0.4, 0.5) is 11.6 Å². The van der Waals surface area contributed by atoms with Crippen LogP contribution >= 0.6 is 0 Å². The van der Waals surface area contributed by atoms with Gasteiger partial charge in [0, 0.05) is 10.8 Å². The zero-order chi connectivity index (χ0) is 28.1. The number of aromatic nitrogens is 4. The molecule has 4 heterocycles. The Labute approximate surface area is 260 Å². The summed E-state index contributed by atoms with van der Waals surface area (Å²) in [6, 6.07) is 47.8. The summed E-state index contributed by atoms with van der Waals surface area (Å²) in [5.74, 6) is 1.35. The SMILES string of the molecule is [Zn+2].c1ccc2nc(N=c3ccc4ccccc4[n-]3)ccc2c1.c1ccc2nc(N=c3ccc4ccccc4[n-]3)ccc2c1. The molecule has 7 heteroatoms. The van der Waals surface area contributed by atoms with Crippen LogP contribution in [0.2, 0.25) is 0 Å². The van der Waals surface area contributed by atoms with Crippen LogP contribution in [0.3, 0.4) is 0 Å². The molecule has 200 valence electrons. The second-order valence-corrected chi connectivity index (χ2v) is 9.67. The maximum atomic E-state index is 4.54. The van der Waals surface area contributed by atoms with Gasteiger partial charge >= 0.3 is 19.5 Å². The van der Waals surface area contributed by atoms with Gasteiger partial charge in [-0.25, -0.2) is 0 Å². The van der Waals surface area contributed by atoms with E-state index in [1.807, 2.05) is 146 Å². The summed E-state index contributed by atoms with van der Waals surface area (Å²) in [6.07, 6.45) is 0. The molecule has 0 fully saturated rings. The Balaban J connectivity index is 0.000000150. The molecule has 0 unspecified atom stereocenters. The normalized spacial score (nSPS) is 11.8. The maximum absolute atomic E-state index is 4.54. The van der Waals surface area contributed by atoms with Gasteiger partial charge in [0.1, 0.15) is 0 Å². The molecule has 0 saturated heterocycles. The Hall–Kier alpha value is -5.26. The number of nitrogens with zero attached hydrogens (tertiary/aromatic N) is 6. The first-order valence-corrected chi connectivity index (χ1v) is 13.6. The van der Waals surface area contributed by atoms with Crippen LogP contribution in [-0.4, -0.2) is 9.97 Å². The zero-order valence-corrected chi connectivity index (χ0v) is 26.2. The predicted octanol–water partition coefficient (Wildman–Crippen LogP) is 7.15. The third-order valence-corrected chi connectivity index (χ3v) is 6.79. The summed E-state index contributed by atoms with van der Waals surface area (Å²) in [5, 5.41) is 4.46. The second kappa shape index (κ2) is 12.7. The van der Waals surface area contributed by atoms with Crippen LogP contribution in [0.5, 0.6) is 0 Å². The van der Waals surface area contributed by atoms with E-state index in [2.05, 4.69) is 29.9 Å². The topological polar surface area (TPSA) is 78.7 Å². The standard InChI is InChI=1S/2C18H12N3.Zn/c2*1-3-7-15-13(5-1)9-11-17(19-15)21-18-12-10-14-6-2-4-8-16(14)20-18;/h2*1-12H;/q2*-1;+2. The van der Waals surface area contributed by atoms with Gasteiger partial charge in [-0.05, 0) is 46.1 Å². The second-order valence-electron chi connectivity index (χ2n) is 9.67. The smallest absolute Gasteiger partial charge is 0.436 e. The summed E-state index contributed by atoms with van der Waals surface area (Å²) < 4.78 is 0. The van der Waals surface area contributed by atoms with E-state index in [-0.39, 0.29) is 19.5 Å². The average molecular weight is 606 g/mol. The van der Waals surface area contributed by atoms with Crippen LogP contribution in [0.15, 0.2) is 156 Å². The van der Waals surface area contributed by atoms with E-state index in [4.69, 9.17) is 0 Å². The van der Waals surface area contributed by atoms with Gasteiger partial charge in [0.05, 0.1) is 22.7 Å². The minimum Gasteiger partial charge on any atom is -0.436 e. The molecule has 0 aliphatic heterocycles. The Morgan fingerprint density at radius 1 is 0.372 bits per heavy atom. The van der Waals surface area contributed by atoms with Gasteiger partial charge in [-0.1, -0.05) is 132 Å². The van der Waals surface area contributed by atoms with E-state index in [0.29, 0.717) is 22.6 Å². The third-order valence-electron chi connectivity index (χ3n) is 6.79. The minimum atomic E-state index is 0. The molecule has 0 bridgehead atoms. The van der Waals surface area contributed by atoms with E-state index in [1.165, 1.54) is 0 Å². The van der Waals surface area contributed by atoms with Gasteiger partial charge in [-0.2, -0.15) is 0 Å². The van der Waals surface area contributed by atoms with Gasteiger partial charge < -0.3 is 20.0 Å². The van der Waals surface area contributed by atoms with Crippen molar-refractivity contribution in [3.63, 3.8) is 0 Å². The van der Waals surface area contributed by atoms with Gasteiger partial charge in [0.2, 0.25) is 0 Å². The van der Waals surface area contributed by atoms with Crippen LogP contribution < -0.4 is 20.9 Å². The van der Waals surface area contributed by atoms with Crippen molar-refractivity contribution in [3.8, 4) is 0 Å². The summed E-state index contributed by atoms with van der Waals surface area (Å²) >= 11 is 0. The number of benzene rings is 4. The van der Waals surface area contributed by atoms with Crippen molar-refractivity contribution in [1.29, 1.82) is 0 Å². The van der Waals surface area contributed by atoms with Gasteiger partial charge in [-0.15, -0.1) is 0 Å². The van der Waals surface area contributed by atoms with Crippen LogP contribution in [0.25, 0.3) is 43.6 Å². The summed E-state index contributed by atoms with van der Waals surface area (Å²) in [5.41, 5.74) is 5.13. The molecule has 0 amide bonds. The largest absolute Gasteiger partial charge is 2.00 e. The molecule has 0 spiro atoms. The average Bonchev–Trinajstić information content (AvgIpc) is 3.05. The minimum absolute atomic E-state index is 0. The summed E-state index contributed by atoms with van der Waals surface area (Å²) in [6.45, 7) is 0. The number of pyridine rings is 4. The fraction of sp³-hybridized carbons (Fsp3) is 0. The Morgan fingerprint density at radius 3 is 1.21 bits per heavy atom. The van der Waals surface area contributed by atoms with Gasteiger partial charge in [-0.3, -0.25) is 9.97 Å². The molecule has 43 heavy (non-hydrogen) atoms. The van der Waals surface area contributed by atoms with Crippen molar-refractivity contribution < 1.29 is 19.5 Å². The third kappa shape index (κ3) is 6.48. The first kappa shape index (κ1) is 27.9. The van der Waals surface area contributed by atoms with E-state index in [1.54, 1.807) is 0 Å². The molecule has 4 aromatic heterocycles. The molecule has 8 aromatic rings. The fourth-order valence-electron chi connectivity index (χ4n) is 4.70. The number of rotatable bonds is 2. The molecule has 0 N–H and O–H groups in total. The monoisotopic (exact) mass is 604 g/mol. The maximum Gasteiger partial charge on any atom is 2.00 e. The fourth-order valence-corrected chi connectivity index (χ4v) is 4.70. The summed E-state index contributed by atoms with van der Waals surface area (Å²) in [4.78, 5) is 27.2. The Kier molecular flexibility index (Phi) is 8.25. The van der Waals surface area contributed by atoms with Gasteiger partial charge in [0.15, 0.2) is 0 Å². The van der Waals surface area contributed by atoms with Crippen LogP contribution in [0, 0.1) is 0 Å². The molecule has 0 aliphatic rings. The molecule has 0 aliphatic carbocycles. The number of hydrogen-bond donors (Lipinski definition) is 0. The van der Waals surface area contributed by atoms with Crippen molar-refractivity contribution >= 4 is 55.2 Å². The van der Waals surface area contributed by atoms with Gasteiger partial charge in [0.25, 0.3) is 0 Å². The van der Waals surface area contributed by atoms with E-state index >= 15 is 0 Å². The molecule has 6 nitrogen and oxygen atoms in total. The van der Waals surface area contributed by atoms with Crippen molar-refractivity contribution in [2.75, 3.05) is 0 Å². The zero-order valence-electron chi connectivity index (χ0n) is 23.2. The first-order chi connectivity index (χ1) is 20.8. The van der Waals surface area contributed by atoms with Crippen molar-refractivity contribution in [2.45, 2.75) is 0 Å². The van der Waals surface area contributed by atoms with Crippen LogP contribution in [0.1, 0.15) is 0 Å². The number of para-hydroxylation sites is 4. The molecule has 4 aromatic carbocycles. The van der Waals surface area contributed by atoms with E-state index < -0.39 is 0 Å². The van der Waals surface area contributed by atoms with Crippen LogP contribution in [-0.2, 0) is 19.5 Å². The Bertz CT molecular complexity index is 2170. The van der Waals surface area contributed by atoms with E-state index in [9.17, 15) is 0 Å². The predicted molar refractivity (Wildman–Crippen MR) is 168 cm³/mol. The first-order valence-electron chi connectivity index (χ1n) is 13.6. The number of fused-ring (bicyclic) bond motifs is 4. The molecule has 8 rings (SSSR count). The quantitative estimate of drug-likeness (QED) is 0.196. The summed E-state index contributed by atoms with van der Waals surface area (Å²) in [7, 11) is 0. The van der Waals surface area contributed by atoms with Crippen molar-refractivity contribution in [3.05, 3.63) is 157 Å². The molecule has 0 atom stereocenters. The number of hydrogen-bond acceptors (Lipinski definition) is 4. The molecule has 0 radical (unpaired) electrons. The van der Waals surface area contributed by atoms with Crippen molar-refractivity contribution in [1.82, 2.24) is 19.9 Å². The Morgan fingerprint density at radius 2 is 0.744 bits per heavy atom. The molecule has 0 saturated carbocycles.